The highest BCUT2D eigenvalue weighted by Crippen LogP contribution is 2.01. The average Bonchev–Trinajstić information content (AvgIpc) is 1.64. The molecule has 0 saturated carbocycles. The van der Waals surface area contributed by atoms with Gasteiger partial charge in [0.15, 0.2) is 0 Å². The van der Waals surface area contributed by atoms with Crippen LogP contribution in [0.15, 0.2) is 12.7 Å². The van der Waals surface area contributed by atoms with Gasteiger partial charge in [-0.15, -0.1) is 6.58 Å². The summed E-state index contributed by atoms with van der Waals surface area (Å²) in [7, 11) is 1.60. The maximum atomic E-state index is 8.85. The number of aliphatic hydroxyl groups is 2. The van der Waals surface area contributed by atoms with Gasteiger partial charge in [0.2, 0.25) is 5.91 Å². The summed E-state index contributed by atoms with van der Waals surface area (Å²) < 4.78 is 0. The molecule has 0 atom stereocenters. The Balaban J connectivity index is 3.72. The molecule has 0 aromatic rings. The number of hydrogen-bond donors (Lipinski definition) is 2. The Labute approximate surface area is 55.2 Å². The van der Waals surface area contributed by atoms with Crippen LogP contribution in [-0.4, -0.2) is 34.6 Å². The molecule has 9 heavy (non-hydrogen) atoms. The van der Waals surface area contributed by atoms with E-state index in [1.807, 2.05) is 0 Å². The Morgan fingerprint density at radius 1 is 1.67 bits per heavy atom. The molecule has 0 rings (SSSR count). The van der Waals surface area contributed by atoms with Crippen molar-refractivity contribution < 1.29 is 10.2 Å². The third-order valence-corrected chi connectivity index (χ3v) is 1.13. The molecule has 0 fully saturated rings. The fourth-order valence-corrected chi connectivity index (χ4v) is 0.367. The first-order chi connectivity index (χ1) is 3.98. The summed E-state index contributed by atoms with van der Waals surface area (Å²) in [5.74, 6) is -1.73. The second-order valence-corrected chi connectivity index (χ2v) is 2.14. The van der Waals surface area contributed by atoms with Gasteiger partial charge in [-0.25, -0.2) is 0 Å². The smallest absolute Gasteiger partial charge is 0.221 e. The van der Waals surface area contributed by atoms with Crippen molar-refractivity contribution in [3.63, 3.8) is 0 Å². The summed E-state index contributed by atoms with van der Waals surface area (Å²) in [4.78, 5) is 1.36. The summed E-state index contributed by atoms with van der Waals surface area (Å²) in [5.41, 5.74) is 0. The standard InChI is InChI=1S/C6H13NO2/c1-4-5-7(3)6(2,8)9/h4,8-9H,1,5H2,2-3H3. The second kappa shape index (κ2) is 2.96. The lowest BCUT2D eigenvalue weighted by Gasteiger charge is -2.26. The Morgan fingerprint density at radius 3 is 2.22 bits per heavy atom. The van der Waals surface area contributed by atoms with Crippen molar-refractivity contribution in [2.24, 2.45) is 0 Å². The summed E-state index contributed by atoms with van der Waals surface area (Å²) in [6.07, 6.45) is 1.60. The molecule has 0 aliphatic heterocycles. The van der Waals surface area contributed by atoms with E-state index in [-0.39, 0.29) is 0 Å². The Morgan fingerprint density at radius 2 is 2.11 bits per heavy atom. The van der Waals surface area contributed by atoms with Crippen LogP contribution in [0.4, 0.5) is 0 Å². The second-order valence-electron chi connectivity index (χ2n) is 2.14. The van der Waals surface area contributed by atoms with Gasteiger partial charge in [0.05, 0.1) is 0 Å². The van der Waals surface area contributed by atoms with Crippen molar-refractivity contribution in [1.29, 1.82) is 0 Å². The summed E-state index contributed by atoms with van der Waals surface area (Å²) in [6.45, 7) is 5.21. The molecule has 0 aromatic heterocycles. The average molecular weight is 131 g/mol. The predicted molar refractivity (Wildman–Crippen MR) is 35.7 cm³/mol. The first kappa shape index (κ1) is 8.62. The molecule has 0 aromatic carbocycles. The van der Waals surface area contributed by atoms with Crippen molar-refractivity contribution in [3.05, 3.63) is 12.7 Å². The van der Waals surface area contributed by atoms with Gasteiger partial charge < -0.3 is 10.2 Å². The molecule has 0 bridgehead atoms. The third kappa shape index (κ3) is 3.24. The maximum Gasteiger partial charge on any atom is 0.221 e. The number of rotatable bonds is 3. The van der Waals surface area contributed by atoms with Crippen LogP contribution < -0.4 is 0 Å². The van der Waals surface area contributed by atoms with Gasteiger partial charge in [-0.05, 0) is 7.05 Å². The van der Waals surface area contributed by atoms with Gasteiger partial charge in [-0.2, -0.15) is 0 Å². The number of nitrogens with zero attached hydrogens (tertiary/aromatic N) is 1. The van der Waals surface area contributed by atoms with Gasteiger partial charge in [0, 0.05) is 13.5 Å². The molecule has 0 unspecified atom stereocenters. The maximum absolute atomic E-state index is 8.85. The van der Waals surface area contributed by atoms with Crippen LogP contribution >= 0.6 is 0 Å². The van der Waals surface area contributed by atoms with E-state index in [0.29, 0.717) is 6.54 Å². The molecular formula is C6H13NO2. The molecule has 3 heteroatoms. The highest BCUT2D eigenvalue weighted by molar-refractivity contribution is 4.73. The lowest BCUT2D eigenvalue weighted by Crippen LogP contribution is -2.43. The van der Waals surface area contributed by atoms with Crippen LogP contribution in [0, 0.1) is 0 Å². The normalized spacial score (nSPS) is 12.1. The zero-order chi connectivity index (χ0) is 7.49. The van der Waals surface area contributed by atoms with Crippen molar-refractivity contribution in [3.8, 4) is 0 Å². The van der Waals surface area contributed by atoms with Crippen molar-refractivity contribution in [2.45, 2.75) is 12.8 Å². The molecule has 0 heterocycles. The van der Waals surface area contributed by atoms with Gasteiger partial charge in [0.1, 0.15) is 0 Å². The fraction of sp³-hybridized carbons (Fsp3) is 0.667. The topological polar surface area (TPSA) is 43.7 Å². The highest BCUT2D eigenvalue weighted by Gasteiger charge is 2.19. The van der Waals surface area contributed by atoms with Crippen LogP contribution in [0.25, 0.3) is 0 Å². The summed E-state index contributed by atoms with van der Waals surface area (Å²) in [6, 6.07) is 0. The van der Waals surface area contributed by atoms with Crippen LogP contribution in [0.3, 0.4) is 0 Å². The van der Waals surface area contributed by atoms with Crippen LogP contribution in [0.5, 0.6) is 0 Å². The van der Waals surface area contributed by atoms with E-state index in [9.17, 15) is 0 Å². The summed E-state index contributed by atoms with van der Waals surface area (Å²) >= 11 is 0. The van der Waals surface area contributed by atoms with Crippen LogP contribution in [-0.2, 0) is 0 Å². The Kier molecular flexibility index (Phi) is 2.84. The van der Waals surface area contributed by atoms with Crippen molar-refractivity contribution >= 4 is 0 Å². The molecule has 0 amide bonds. The lowest BCUT2D eigenvalue weighted by atomic mass is 10.4. The monoisotopic (exact) mass is 131 g/mol. The molecule has 0 saturated heterocycles. The molecule has 2 N–H and O–H groups in total. The minimum Gasteiger partial charge on any atom is -0.353 e. The molecule has 54 valence electrons. The van der Waals surface area contributed by atoms with E-state index in [2.05, 4.69) is 6.58 Å². The first-order valence-electron chi connectivity index (χ1n) is 2.75. The molecule has 0 spiro atoms. The Hall–Kier alpha value is -0.380. The van der Waals surface area contributed by atoms with Crippen LogP contribution in [0.1, 0.15) is 6.92 Å². The third-order valence-electron chi connectivity index (χ3n) is 1.13. The Bertz CT molecular complexity index is 95.7. The quantitative estimate of drug-likeness (QED) is 0.410. The van der Waals surface area contributed by atoms with Gasteiger partial charge in [0.25, 0.3) is 0 Å². The van der Waals surface area contributed by atoms with Gasteiger partial charge in [-0.1, -0.05) is 6.08 Å². The minimum atomic E-state index is -1.73. The SMILES string of the molecule is C=CCN(C)C(C)(O)O. The van der Waals surface area contributed by atoms with Crippen molar-refractivity contribution in [1.82, 2.24) is 4.90 Å². The summed E-state index contributed by atoms with van der Waals surface area (Å²) in [5, 5.41) is 17.7. The van der Waals surface area contributed by atoms with Gasteiger partial charge >= 0.3 is 0 Å². The van der Waals surface area contributed by atoms with Gasteiger partial charge in [-0.3, -0.25) is 4.90 Å². The van der Waals surface area contributed by atoms with Crippen molar-refractivity contribution in [2.75, 3.05) is 13.6 Å². The molecule has 0 aliphatic rings. The van der Waals surface area contributed by atoms with E-state index < -0.39 is 5.91 Å². The minimum absolute atomic E-state index is 0.462. The largest absolute Gasteiger partial charge is 0.353 e. The van der Waals surface area contributed by atoms with E-state index in [4.69, 9.17) is 10.2 Å². The highest BCUT2D eigenvalue weighted by atomic mass is 16.5. The fourth-order valence-electron chi connectivity index (χ4n) is 0.367. The van der Waals surface area contributed by atoms with E-state index >= 15 is 0 Å². The predicted octanol–water partition coefficient (Wildman–Crippen LogP) is -0.237. The lowest BCUT2D eigenvalue weighted by molar-refractivity contribution is -0.238. The number of hydrogen-bond acceptors (Lipinski definition) is 3. The molecular weight excluding hydrogens is 118 g/mol. The number of likely N-dealkylation sites (N-methyl/N-ethyl adjacent to an activating group) is 1. The molecule has 0 radical (unpaired) electrons. The zero-order valence-corrected chi connectivity index (χ0v) is 5.83. The zero-order valence-electron chi connectivity index (χ0n) is 5.83. The van der Waals surface area contributed by atoms with Crippen LogP contribution in [0.2, 0.25) is 0 Å². The molecule has 3 nitrogen and oxygen atoms in total. The van der Waals surface area contributed by atoms with E-state index in [1.54, 1.807) is 13.1 Å². The first-order valence-corrected chi connectivity index (χ1v) is 2.75. The van der Waals surface area contributed by atoms with E-state index in [0.717, 1.165) is 0 Å². The van der Waals surface area contributed by atoms with E-state index in [1.165, 1.54) is 11.8 Å². The molecule has 0 aliphatic carbocycles.